The molecule has 5 rings (SSSR count). The standard InChI is InChI=1S/C24H33N5O3/c30-24(32-20-3-1-2-4-20)28-18-7-5-17(6-8-18)27-22-16-19(29-11-13-31-14-12-29)15-21-23(22)26-10-9-25-21/h9-10,15-18,20,27H,1-8,11-14H2,(H,28,30). The fraction of sp³-hybridized carbons (Fsp3) is 0.625. The van der Waals surface area contributed by atoms with E-state index < -0.39 is 0 Å². The highest BCUT2D eigenvalue weighted by molar-refractivity contribution is 5.91. The van der Waals surface area contributed by atoms with Crippen LogP contribution in [0.25, 0.3) is 11.0 Å². The van der Waals surface area contributed by atoms with Gasteiger partial charge in [0.1, 0.15) is 11.6 Å². The number of carbonyl (C=O) groups is 1. The van der Waals surface area contributed by atoms with Gasteiger partial charge in [-0.15, -0.1) is 0 Å². The molecule has 0 unspecified atom stereocenters. The molecule has 2 aliphatic carbocycles. The van der Waals surface area contributed by atoms with Gasteiger partial charge in [-0.3, -0.25) is 9.97 Å². The number of carbonyl (C=O) groups excluding carboxylic acids is 1. The van der Waals surface area contributed by atoms with E-state index in [0.29, 0.717) is 6.04 Å². The predicted octanol–water partition coefficient (Wildman–Crippen LogP) is 3.86. The number of morpholine rings is 1. The normalized spacial score (nSPS) is 24.4. The van der Waals surface area contributed by atoms with Crippen molar-refractivity contribution in [3.8, 4) is 0 Å². The van der Waals surface area contributed by atoms with E-state index in [1.807, 2.05) is 0 Å². The van der Waals surface area contributed by atoms with Gasteiger partial charge in [0.25, 0.3) is 0 Å². The lowest BCUT2D eigenvalue weighted by Gasteiger charge is -2.32. The topological polar surface area (TPSA) is 88.6 Å². The molecule has 1 aromatic heterocycles. The van der Waals surface area contributed by atoms with E-state index in [0.717, 1.165) is 87.2 Å². The Morgan fingerprint density at radius 1 is 0.969 bits per heavy atom. The first-order valence-corrected chi connectivity index (χ1v) is 12.1. The van der Waals surface area contributed by atoms with Crippen LogP contribution in [0.4, 0.5) is 16.2 Å². The van der Waals surface area contributed by atoms with Gasteiger partial charge in [0.05, 0.1) is 24.4 Å². The van der Waals surface area contributed by atoms with Crippen molar-refractivity contribution in [1.29, 1.82) is 0 Å². The first kappa shape index (κ1) is 21.2. The van der Waals surface area contributed by atoms with Crippen LogP contribution in [0.2, 0.25) is 0 Å². The van der Waals surface area contributed by atoms with Crippen molar-refractivity contribution in [3.05, 3.63) is 24.5 Å². The summed E-state index contributed by atoms with van der Waals surface area (Å²) in [5.74, 6) is 0. The molecule has 1 aliphatic heterocycles. The van der Waals surface area contributed by atoms with Gasteiger partial charge in [0.15, 0.2) is 0 Å². The van der Waals surface area contributed by atoms with Gasteiger partial charge in [-0.2, -0.15) is 0 Å². The number of fused-ring (bicyclic) bond motifs is 1. The molecule has 1 aromatic carbocycles. The zero-order valence-corrected chi connectivity index (χ0v) is 18.6. The van der Waals surface area contributed by atoms with E-state index in [4.69, 9.17) is 9.47 Å². The third kappa shape index (κ3) is 5.06. The Bertz CT molecular complexity index is 919. The van der Waals surface area contributed by atoms with Gasteiger partial charge < -0.3 is 25.0 Å². The van der Waals surface area contributed by atoms with E-state index in [9.17, 15) is 4.79 Å². The van der Waals surface area contributed by atoms with Crippen molar-refractivity contribution in [2.45, 2.75) is 69.6 Å². The van der Waals surface area contributed by atoms with E-state index in [-0.39, 0.29) is 18.2 Å². The number of alkyl carbamates (subject to hydrolysis) is 1. The molecule has 3 aliphatic rings. The van der Waals surface area contributed by atoms with Crippen LogP contribution in [0.5, 0.6) is 0 Å². The Morgan fingerprint density at radius 3 is 2.47 bits per heavy atom. The summed E-state index contributed by atoms with van der Waals surface area (Å²) in [7, 11) is 0. The number of rotatable bonds is 5. The molecule has 172 valence electrons. The molecule has 2 aromatic rings. The minimum absolute atomic E-state index is 0.112. The van der Waals surface area contributed by atoms with Gasteiger partial charge in [0, 0.05) is 43.3 Å². The van der Waals surface area contributed by atoms with Crippen molar-refractivity contribution in [2.75, 3.05) is 36.5 Å². The average Bonchev–Trinajstić information content (AvgIpc) is 3.34. The third-order valence-electron chi connectivity index (χ3n) is 6.92. The maximum Gasteiger partial charge on any atom is 0.407 e. The minimum atomic E-state index is -0.243. The highest BCUT2D eigenvalue weighted by atomic mass is 16.6. The molecule has 0 atom stereocenters. The van der Waals surface area contributed by atoms with Gasteiger partial charge in [-0.25, -0.2) is 4.79 Å². The highest BCUT2D eigenvalue weighted by Crippen LogP contribution is 2.31. The molecule has 0 spiro atoms. The second-order valence-electron chi connectivity index (χ2n) is 9.17. The first-order chi connectivity index (χ1) is 15.7. The minimum Gasteiger partial charge on any atom is -0.446 e. The fourth-order valence-electron chi connectivity index (χ4n) is 5.13. The molecule has 32 heavy (non-hydrogen) atoms. The molecule has 1 saturated heterocycles. The number of amides is 1. The summed E-state index contributed by atoms with van der Waals surface area (Å²) in [6, 6.07) is 4.86. The lowest BCUT2D eigenvalue weighted by Crippen LogP contribution is -2.41. The van der Waals surface area contributed by atoms with Crippen LogP contribution in [-0.4, -0.2) is 60.6 Å². The van der Waals surface area contributed by atoms with Crippen LogP contribution in [0.1, 0.15) is 51.4 Å². The molecule has 1 amide bonds. The number of hydrogen-bond acceptors (Lipinski definition) is 7. The van der Waals surface area contributed by atoms with Crippen molar-refractivity contribution < 1.29 is 14.3 Å². The molecule has 2 saturated carbocycles. The zero-order chi connectivity index (χ0) is 21.8. The largest absolute Gasteiger partial charge is 0.446 e. The van der Waals surface area contributed by atoms with Gasteiger partial charge in [0.2, 0.25) is 0 Å². The Balaban J connectivity index is 1.20. The van der Waals surface area contributed by atoms with Gasteiger partial charge in [-0.1, -0.05) is 0 Å². The molecule has 2 N–H and O–H groups in total. The maximum atomic E-state index is 12.2. The van der Waals surface area contributed by atoms with E-state index in [1.165, 1.54) is 12.8 Å². The van der Waals surface area contributed by atoms with Crippen molar-refractivity contribution >= 4 is 28.5 Å². The number of nitrogens with zero attached hydrogens (tertiary/aromatic N) is 3. The van der Waals surface area contributed by atoms with E-state index in [1.54, 1.807) is 12.4 Å². The van der Waals surface area contributed by atoms with Crippen molar-refractivity contribution in [1.82, 2.24) is 15.3 Å². The lowest BCUT2D eigenvalue weighted by molar-refractivity contribution is 0.0958. The summed E-state index contributed by atoms with van der Waals surface area (Å²) in [5.41, 5.74) is 4.01. The summed E-state index contributed by atoms with van der Waals surface area (Å²) in [6.45, 7) is 3.28. The van der Waals surface area contributed by atoms with Crippen LogP contribution < -0.4 is 15.5 Å². The second-order valence-corrected chi connectivity index (χ2v) is 9.17. The number of hydrogen-bond donors (Lipinski definition) is 2. The Kier molecular flexibility index (Phi) is 6.57. The monoisotopic (exact) mass is 439 g/mol. The number of nitrogens with one attached hydrogen (secondary N) is 2. The van der Waals surface area contributed by atoms with Gasteiger partial charge >= 0.3 is 6.09 Å². The van der Waals surface area contributed by atoms with Crippen LogP contribution in [0.15, 0.2) is 24.5 Å². The Morgan fingerprint density at radius 2 is 1.69 bits per heavy atom. The smallest absolute Gasteiger partial charge is 0.407 e. The predicted molar refractivity (Wildman–Crippen MR) is 124 cm³/mol. The van der Waals surface area contributed by atoms with Crippen LogP contribution in [0, 0.1) is 0 Å². The Labute approximate surface area is 189 Å². The molecular formula is C24H33N5O3. The number of anilines is 2. The molecule has 2 heterocycles. The van der Waals surface area contributed by atoms with Gasteiger partial charge in [-0.05, 0) is 63.5 Å². The SMILES string of the molecule is O=C(NC1CCC(Nc2cc(N3CCOCC3)cc3nccnc23)CC1)OC1CCCC1. The number of ether oxygens (including phenoxy) is 2. The summed E-state index contributed by atoms with van der Waals surface area (Å²) < 4.78 is 11.1. The van der Waals surface area contributed by atoms with Crippen molar-refractivity contribution in [3.63, 3.8) is 0 Å². The number of aromatic nitrogens is 2. The molecule has 8 heteroatoms. The molecular weight excluding hydrogens is 406 g/mol. The lowest BCUT2D eigenvalue weighted by atomic mass is 9.91. The van der Waals surface area contributed by atoms with Crippen LogP contribution in [0.3, 0.4) is 0 Å². The average molecular weight is 440 g/mol. The summed E-state index contributed by atoms with van der Waals surface area (Å²) in [5, 5.41) is 6.81. The fourth-order valence-corrected chi connectivity index (χ4v) is 5.13. The summed E-state index contributed by atoms with van der Waals surface area (Å²) >= 11 is 0. The summed E-state index contributed by atoms with van der Waals surface area (Å²) in [4.78, 5) is 23.7. The first-order valence-electron chi connectivity index (χ1n) is 12.1. The Hall–Kier alpha value is -2.61. The maximum absolute atomic E-state index is 12.2. The van der Waals surface area contributed by atoms with Crippen LogP contribution in [-0.2, 0) is 9.47 Å². The van der Waals surface area contributed by atoms with Crippen molar-refractivity contribution in [2.24, 2.45) is 0 Å². The summed E-state index contributed by atoms with van der Waals surface area (Å²) in [6.07, 6.45) is 11.6. The quantitative estimate of drug-likeness (QED) is 0.731. The van der Waals surface area contributed by atoms with Crippen LogP contribution >= 0.6 is 0 Å². The second kappa shape index (κ2) is 9.90. The van der Waals surface area contributed by atoms with E-state index >= 15 is 0 Å². The highest BCUT2D eigenvalue weighted by Gasteiger charge is 2.26. The molecule has 0 bridgehead atoms. The molecule has 0 radical (unpaired) electrons. The molecule has 3 fully saturated rings. The third-order valence-corrected chi connectivity index (χ3v) is 6.92. The number of benzene rings is 1. The molecule has 8 nitrogen and oxygen atoms in total. The zero-order valence-electron chi connectivity index (χ0n) is 18.6. The van der Waals surface area contributed by atoms with E-state index in [2.05, 4.69) is 37.6 Å².